The second-order valence-corrected chi connectivity index (χ2v) is 4.98. The van der Waals surface area contributed by atoms with Crippen LogP contribution in [-0.4, -0.2) is 28.9 Å². The van der Waals surface area contributed by atoms with Crippen molar-refractivity contribution in [3.05, 3.63) is 16.6 Å². The van der Waals surface area contributed by atoms with Gasteiger partial charge in [-0.25, -0.2) is 0 Å². The normalized spacial score (nSPS) is 28.1. The van der Waals surface area contributed by atoms with Crippen molar-refractivity contribution in [2.45, 2.75) is 38.4 Å². The second kappa shape index (κ2) is 5.05. The molecule has 1 aliphatic heterocycles. The number of hydrogen-bond acceptors (Lipinski definition) is 4. The predicted molar refractivity (Wildman–Crippen MR) is 60.0 cm³/mol. The molecule has 0 bridgehead atoms. The van der Waals surface area contributed by atoms with Crippen LogP contribution in [0.25, 0.3) is 0 Å². The van der Waals surface area contributed by atoms with E-state index in [1.54, 1.807) is 11.3 Å². The maximum Gasteiger partial charge on any atom is 0.0794 e. The molecule has 1 N–H and O–H groups in total. The molecule has 1 fully saturated rings. The van der Waals surface area contributed by atoms with E-state index in [1.165, 1.54) is 0 Å². The van der Waals surface area contributed by atoms with Crippen LogP contribution >= 0.6 is 11.3 Å². The standard InChI is InChI=1S/C11H17NO2S/c1-2-11-9(3-4-14-11)10(13)5-8-6-12-7-15-8/h6-7,9-11,13H,2-5H2,1H3. The number of aliphatic hydroxyl groups excluding tert-OH is 1. The lowest BCUT2D eigenvalue weighted by molar-refractivity contribution is 0.0321. The minimum absolute atomic E-state index is 0.243. The van der Waals surface area contributed by atoms with Crippen molar-refractivity contribution in [1.29, 1.82) is 0 Å². The van der Waals surface area contributed by atoms with Crippen LogP contribution in [-0.2, 0) is 11.2 Å². The quantitative estimate of drug-likeness (QED) is 0.853. The third-order valence-corrected chi connectivity index (χ3v) is 3.85. The molecular weight excluding hydrogens is 210 g/mol. The number of rotatable bonds is 4. The molecule has 0 amide bonds. The zero-order chi connectivity index (χ0) is 10.7. The average Bonchev–Trinajstić information content (AvgIpc) is 2.86. The fourth-order valence-electron chi connectivity index (χ4n) is 2.23. The lowest BCUT2D eigenvalue weighted by Crippen LogP contribution is -2.29. The van der Waals surface area contributed by atoms with Gasteiger partial charge in [0.2, 0.25) is 0 Å². The minimum atomic E-state index is -0.280. The van der Waals surface area contributed by atoms with E-state index in [0.29, 0.717) is 5.92 Å². The Morgan fingerprint density at radius 2 is 2.60 bits per heavy atom. The molecule has 0 aromatic carbocycles. The molecule has 1 saturated heterocycles. The molecule has 4 heteroatoms. The van der Waals surface area contributed by atoms with Crippen molar-refractivity contribution in [3.63, 3.8) is 0 Å². The van der Waals surface area contributed by atoms with E-state index < -0.39 is 0 Å². The summed E-state index contributed by atoms with van der Waals surface area (Å²) in [6.07, 6.45) is 4.49. The summed E-state index contributed by atoms with van der Waals surface area (Å²) >= 11 is 1.61. The largest absolute Gasteiger partial charge is 0.392 e. The highest BCUT2D eigenvalue weighted by atomic mass is 32.1. The Labute approximate surface area is 94.1 Å². The van der Waals surface area contributed by atoms with Crippen LogP contribution in [0.2, 0.25) is 0 Å². The Kier molecular flexibility index (Phi) is 3.72. The average molecular weight is 227 g/mol. The van der Waals surface area contributed by atoms with E-state index in [2.05, 4.69) is 11.9 Å². The molecular formula is C11H17NO2S. The van der Waals surface area contributed by atoms with Crippen LogP contribution in [0.1, 0.15) is 24.6 Å². The Hall–Kier alpha value is -0.450. The molecule has 1 aromatic rings. The topological polar surface area (TPSA) is 42.4 Å². The lowest BCUT2D eigenvalue weighted by atomic mass is 9.91. The molecule has 1 aromatic heterocycles. The van der Waals surface area contributed by atoms with Crippen LogP contribution in [0.5, 0.6) is 0 Å². The van der Waals surface area contributed by atoms with Gasteiger partial charge < -0.3 is 9.84 Å². The van der Waals surface area contributed by atoms with Gasteiger partial charge in [-0.15, -0.1) is 11.3 Å². The maximum absolute atomic E-state index is 10.1. The minimum Gasteiger partial charge on any atom is -0.392 e. The first-order valence-corrected chi connectivity index (χ1v) is 6.36. The molecule has 3 unspecified atom stereocenters. The van der Waals surface area contributed by atoms with Crippen molar-refractivity contribution < 1.29 is 9.84 Å². The molecule has 84 valence electrons. The zero-order valence-electron chi connectivity index (χ0n) is 8.93. The van der Waals surface area contributed by atoms with E-state index >= 15 is 0 Å². The summed E-state index contributed by atoms with van der Waals surface area (Å²) in [5.41, 5.74) is 1.81. The number of hydrogen-bond donors (Lipinski definition) is 1. The van der Waals surface area contributed by atoms with Crippen molar-refractivity contribution in [1.82, 2.24) is 4.98 Å². The Bertz CT molecular complexity index is 289. The Morgan fingerprint density at radius 1 is 1.73 bits per heavy atom. The number of aromatic nitrogens is 1. The highest BCUT2D eigenvalue weighted by Gasteiger charge is 2.32. The van der Waals surface area contributed by atoms with Crippen molar-refractivity contribution in [2.75, 3.05) is 6.61 Å². The first kappa shape index (κ1) is 11.0. The summed E-state index contributed by atoms with van der Waals surface area (Å²) in [7, 11) is 0. The number of thiazole rings is 1. The van der Waals surface area contributed by atoms with Crippen molar-refractivity contribution in [3.8, 4) is 0 Å². The van der Waals surface area contributed by atoms with Gasteiger partial charge in [-0.2, -0.15) is 0 Å². The molecule has 2 rings (SSSR count). The fourth-order valence-corrected chi connectivity index (χ4v) is 2.87. The van der Waals surface area contributed by atoms with Gasteiger partial charge in [0.25, 0.3) is 0 Å². The van der Waals surface area contributed by atoms with Gasteiger partial charge in [-0.3, -0.25) is 4.98 Å². The number of nitrogens with zero attached hydrogens (tertiary/aromatic N) is 1. The van der Waals surface area contributed by atoms with Crippen molar-refractivity contribution >= 4 is 11.3 Å². The van der Waals surface area contributed by atoms with E-state index in [-0.39, 0.29) is 12.2 Å². The molecule has 0 aliphatic carbocycles. The first-order valence-electron chi connectivity index (χ1n) is 5.48. The molecule has 0 saturated carbocycles. The highest BCUT2D eigenvalue weighted by molar-refractivity contribution is 7.09. The van der Waals surface area contributed by atoms with Gasteiger partial charge in [0, 0.05) is 30.0 Å². The van der Waals surface area contributed by atoms with E-state index in [4.69, 9.17) is 4.74 Å². The van der Waals surface area contributed by atoms with Crippen LogP contribution in [0.15, 0.2) is 11.7 Å². The summed E-state index contributed by atoms with van der Waals surface area (Å²) in [5.74, 6) is 0.303. The first-order chi connectivity index (χ1) is 7.31. The van der Waals surface area contributed by atoms with Gasteiger partial charge in [-0.1, -0.05) is 6.92 Å². The molecule has 0 spiro atoms. The van der Waals surface area contributed by atoms with Crippen LogP contribution in [0, 0.1) is 5.92 Å². The van der Waals surface area contributed by atoms with Gasteiger partial charge >= 0.3 is 0 Å². The van der Waals surface area contributed by atoms with Gasteiger partial charge in [0.15, 0.2) is 0 Å². The van der Waals surface area contributed by atoms with Crippen LogP contribution in [0.3, 0.4) is 0 Å². The molecule has 15 heavy (non-hydrogen) atoms. The molecule has 1 aliphatic rings. The summed E-state index contributed by atoms with van der Waals surface area (Å²) in [6.45, 7) is 2.91. The number of aliphatic hydroxyl groups is 1. The summed E-state index contributed by atoms with van der Waals surface area (Å²) in [4.78, 5) is 5.17. The third kappa shape index (κ3) is 2.56. The van der Waals surface area contributed by atoms with E-state index in [0.717, 1.165) is 30.7 Å². The smallest absolute Gasteiger partial charge is 0.0794 e. The van der Waals surface area contributed by atoms with Gasteiger partial charge in [0.05, 0.1) is 17.7 Å². The third-order valence-electron chi connectivity index (χ3n) is 3.05. The predicted octanol–water partition coefficient (Wildman–Crippen LogP) is 1.86. The lowest BCUT2D eigenvalue weighted by Gasteiger charge is -2.22. The summed E-state index contributed by atoms with van der Waals surface area (Å²) in [5, 5.41) is 10.1. The second-order valence-electron chi connectivity index (χ2n) is 4.01. The molecule has 0 radical (unpaired) electrons. The Balaban J connectivity index is 1.92. The molecule has 3 atom stereocenters. The molecule has 2 heterocycles. The maximum atomic E-state index is 10.1. The van der Waals surface area contributed by atoms with Crippen molar-refractivity contribution in [2.24, 2.45) is 5.92 Å². The van der Waals surface area contributed by atoms with E-state index in [9.17, 15) is 5.11 Å². The SMILES string of the molecule is CCC1OCCC1C(O)Cc1cncs1. The summed E-state index contributed by atoms with van der Waals surface area (Å²) < 4.78 is 5.58. The van der Waals surface area contributed by atoms with Gasteiger partial charge in [-0.05, 0) is 12.8 Å². The Morgan fingerprint density at radius 3 is 3.27 bits per heavy atom. The number of ether oxygens (including phenoxy) is 1. The zero-order valence-corrected chi connectivity index (χ0v) is 9.74. The monoisotopic (exact) mass is 227 g/mol. The van der Waals surface area contributed by atoms with E-state index in [1.807, 2.05) is 11.7 Å². The van der Waals surface area contributed by atoms with Crippen LogP contribution < -0.4 is 0 Å². The fraction of sp³-hybridized carbons (Fsp3) is 0.727. The van der Waals surface area contributed by atoms with Crippen LogP contribution in [0.4, 0.5) is 0 Å². The summed E-state index contributed by atoms with van der Waals surface area (Å²) in [6, 6.07) is 0. The highest BCUT2D eigenvalue weighted by Crippen LogP contribution is 2.28. The molecule has 3 nitrogen and oxygen atoms in total. The van der Waals surface area contributed by atoms with Gasteiger partial charge in [0.1, 0.15) is 0 Å².